The lowest BCUT2D eigenvalue weighted by Gasteiger charge is -2.44. The average Bonchev–Trinajstić information content (AvgIpc) is 2.68. The molecule has 1 aliphatic rings. The van der Waals surface area contributed by atoms with Crippen LogP contribution in [0, 0.1) is 12.9 Å². The van der Waals surface area contributed by atoms with Gasteiger partial charge in [0.25, 0.3) is 5.56 Å². The molecule has 1 saturated heterocycles. The van der Waals surface area contributed by atoms with Crippen molar-refractivity contribution >= 4 is 23.9 Å². The van der Waals surface area contributed by atoms with Gasteiger partial charge in [0.05, 0.1) is 5.56 Å². The number of halogens is 1. The SMILES string of the molecule is CC(=O)OCC1OC(n2c(F)c(C)c(=O)[nH]c2=O)C(OC(C)=O)C(OC(C)=O)C1OC(C)=O. The van der Waals surface area contributed by atoms with Crippen molar-refractivity contribution in [2.75, 3.05) is 6.61 Å². The topological polar surface area (TPSA) is 169 Å². The Morgan fingerprint density at radius 3 is 1.94 bits per heavy atom. The zero-order valence-corrected chi connectivity index (χ0v) is 18.4. The molecule has 0 bridgehead atoms. The maximum atomic E-state index is 15.0. The zero-order valence-electron chi connectivity index (χ0n) is 18.4. The molecule has 0 radical (unpaired) electrons. The van der Waals surface area contributed by atoms with Crippen molar-refractivity contribution in [3.63, 3.8) is 0 Å². The molecule has 13 nitrogen and oxygen atoms in total. The van der Waals surface area contributed by atoms with E-state index in [0.29, 0.717) is 4.57 Å². The summed E-state index contributed by atoms with van der Waals surface area (Å²) >= 11 is 0. The van der Waals surface area contributed by atoms with Crippen LogP contribution >= 0.6 is 0 Å². The minimum Gasteiger partial charge on any atom is -0.463 e. The van der Waals surface area contributed by atoms with Gasteiger partial charge in [-0.05, 0) is 6.92 Å². The van der Waals surface area contributed by atoms with E-state index >= 15 is 4.39 Å². The third-order valence-corrected chi connectivity index (χ3v) is 4.52. The Morgan fingerprint density at radius 1 is 0.909 bits per heavy atom. The van der Waals surface area contributed by atoms with Gasteiger partial charge in [-0.2, -0.15) is 4.39 Å². The summed E-state index contributed by atoms with van der Waals surface area (Å²) in [5.41, 5.74) is -2.74. The number of hydrogen-bond donors (Lipinski definition) is 1. The van der Waals surface area contributed by atoms with Crippen LogP contribution in [-0.4, -0.2) is 64.5 Å². The maximum absolute atomic E-state index is 15.0. The van der Waals surface area contributed by atoms with Gasteiger partial charge in [-0.25, -0.2) is 9.36 Å². The number of aromatic nitrogens is 2. The Morgan fingerprint density at radius 2 is 1.42 bits per heavy atom. The average molecular weight is 474 g/mol. The van der Waals surface area contributed by atoms with E-state index < -0.39 is 83.9 Å². The number of nitrogens with one attached hydrogen (secondary N) is 1. The zero-order chi connectivity index (χ0) is 25.0. The molecular formula is C19H23FN2O11. The number of esters is 4. The quantitative estimate of drug-likeness (QED) is 0.312. The summed E-state index contributed by atoms with van der Waals surface area (Å²) in [6.45, 7) is 4.66. The standard InChI is InChI=1S/C19H23FN2O11/c1-7-16(20)22(19(28)21-17(7)27)18-15(32-11(5)26)14(31-10(4)25)13(30-9(3)24)12(33-18)6-29-8(2)23/h12-15,18H,6H2,1-5H3,(H,21,27,28). The molecule has 1 N–H and O–H groups in total. The Bertz CT molecular complexity index is 1060. The molecule has 14 heteroatoms. The van der Waals surface area contributed by atoms with Gasteiger partial charge < -0.3 is 23.7 Å². The summed E-state index contributed by atoms with van der Waals surface area (Å²) in [5.74, 6) is -4.74. The van der Waals surface area contributed by atoms with E-state index in [4.69, 9.17) is 23.7 Å². The number of H-pyrrole nitrogens is 1. The first-order valence-corrected chi connectivity index (χ1v) is 9.64. The van der Waals surface area contributed by atoms with Gasteiger partial charge >= 0.3 is 29.6 Å². The molecule has 1 aromatic rings. The van der Waals surface area contributed by atoms with Crippen LogP contribution in [0.3, 0.4) is 0 Å². The van der Waals surface area contributed by atoms with Crippen molar-refractivity contribution in [3.05, 3.63) is 32.3 Å². The van der Waals surface area contributed by atoms with Crippen molar-refractivity contribution in [1.82, 2.24) is 9.55 Å². The highest BCUT2D eigenvalue weighted by Crippen LogP contribution is 2.34. The lowest BCUT2D eigenvalue weighted by atomic mass is 9.97. The highest BCUT2D eigenvalue weighted by Gasteiger charge is 2.53. The van der Waals surface area contributed by atoms with E-state index in [1.165, 1.54) is 0 Å². The van der Waals surface area contributed by atoms with Crippen molar-refractivity contribution in [3.8, 4) is 0 Å². The first kappa shape index (κ1) is 25.7. The molecule has 0 amide bonds. The van der Waals surface area contributed by atoms with Crippen molar-refractivity contribution in [1.29, 1.82) is 0 Å². The lowest BCUT2D eigenvalue weighted by Crippen LogP contribution is -2.62. The van der Waals surface area contributed by atoms with Crippen LogP contribution < -0.4 is 11.2 Å². The molecule has 5 atom stereocenters. The summed E-state index contributed by atoms with van der Waals surface area (Å²) in [6, 6.07) is 0. The van der Waals surface area contributed by atoms with E-state index in [9.17, 15) is 28.8 Å². The van der Waals surface area contributed by atoms with Crippen molar-refractivity contribution in [2.45, 2.75) is 65.3 Å². The molecule has 1 aliphatic heterocycles. The van der Waals surface area contributed by atoms with Gasteiger partial charge in [0, 0.05) is 27.7 Å². The predicted molar refractivity (Wildman–Crippen MR) is 103 cm³/mol. The number of aromatic amines is 1. The first-order valence-electron chi connectivity index (χ1n) is 9.64. The Hall–Kier alpha value is -3.55. The van der Waals surface area contributed by atoms with Gasteiger partial charge in [-0.15, -0.1) is 0 Å². The van der Waals surface area contributed by atoms with Crippen LogP contribution in [0.4, 0.5) is 4.39 Å². The molecule has 0 spiro atoms. The third-order valence-electron chi connectivity index (χ3n) is 4.52. The van der Waals surface area contributed by atoms with E-state index in [-0.39, 0.29) is 0 Å². The molecular weight excluding hydrogens is 451 g/mol. The Balaban J connectivity index is 2.72. The number of hydrogen-bond acceptors (Lipinski definition) is 11. The van der Waals surface area contributed by atoms with E-state index in [2.05, 4.69) is 0 Å². The van der Waals surface area contributed by atoms with E-state index in [0.717, 1.165) is 34.6 Å². The fourth-order valence-corrected chi connectivity index (χ4v) is 3.26. The highest BCUT2D eigenvalue weighted by molar-refractivity contribution is 5.68. The minimum atomic E-state index is -1.81. The van der Waals surface area contributed by atoms with Crippen LogP contribution in [0.1, 0.15) is 39.5 Å². The van der Waals surface area contributed by atoms with E-state index in [1.807, 2.05) is 4.98 Å². The third kappa shape index (κ3) is 6.03. The minimum absolute atomic E-state index is 0.353. The highest BCUT2D eigenvalue weighted by atomic mass is 19.1. The second kappa shape index (κ2) is 10.4. The molecule has 0 aliphatic carbocycles. The predicted octanol–water partition coefficient (Wildman–Crippen LogP) is -0.760. The molecule has 2 rings (SSSR count). The van der Waals surface area contributed by atoms with Crippen molar-refractivity contribution < 1.29 is 47.3 Å². The number of rotatable bonds is 6. The Labute approximate surface area is 185 Å². The van der Waals surface area contributed by atoms with Gasteiger partial charge in [0.1, 0.15) is 12.7 Å². The Kier molecular flexibility index (Phi) is 8.08. The largest absolute Gasteiger partial charge is 0.463 e. The lowest BCUT2D eigenvalue weighted by molar-refractivity contribution is -0.270. The van der Waals surface area contributed by atoms with Crippen LogP contribution in [-0.2, 0) is 42.9 Å². The maximum Gasteiger partial charge on any atom is 0.332 e. The van der Waals surface area contributed by atoms with Gasteiger partial charge in [-0.3, -0.25) is 29.0 Å². The number of nitrogens with zero attached hydrogens (tertiary/aromatic N) is 1. The number of carbonyl (C=O) groups excluding carboxylic acids is 4. The first-order chi connectivity index (χ1) is 15.3. The summed E-state index contributed by atoms with van der Waals surface area (Å²) < 4.78 is 41.5. The molecule has 2 heterocycles. The summed E-state index contributed by atoms with van der Waals surface area (Å²) in [5, 5.41) is 0. The molecule has 33 heavy (non-hydrogen) atoms. The van der Waals surface area contributed by atoms with Crippen LogP contribution in [0.2, 0.25) is 0 Å². The summed E-state index contributed by atoms with van der Waals surface area (Å²) in [7, 11) is 0. The fraction of sp³-hybridized carbons (Fsp3) is 0.579. The second-order valence-corrected chi connectivity index (χ2v) is 7.13. The summed E-state index contributed by atoms with van der Waals surface area (Å²) in [4.78, 5) is 72.8. The number of ether oxygens (including phenoxy) is 5. The van der Waals surface area contributed by atoms with Gasteiger partial charge in [0.15, 0.2) is 24.5 Å². The van der Waals surface area contributed by atoms with Crippen LogP contribution in [0.5, 0.6) is 0 Å². The van der Waals surface area contributed by atoms with Gasteiger partial charge in [-0.1, -0.05) is 0 Å². The molecule has 1 aromatic heterocycles. The van der Waals surface area contributed by atoms with Crippen LogP contribution in [0.25, 0.3) is 0 Å². The van der Waals surface area contributed by atoms with Gasteiger partial charge in [0.2, 0.25) is 5.95 Å². The number of carbonyl (C=O) groups is 4. The normalized spacial score (nSPS) is 24.5. The van der Waals surface area contributed by atoms with Crippen LogP contribution in [0.15, 0.2) is 9.59 Å². The summed E-state index contributed by atoms with van der Waals surface area (Å²) in [6.07, 6.45) is -7.99. The molecule has 0 aromatic carbocycles. The van der Waals surface area contributed by atoms with Crippen molar-refractivity contribution in [2.24, 2.45) is 0 Å². The monoisotopic (exact) mass is 474 g/mol. The smallest absolute Gasteiger partial charge is 0.332 e. The molecule has 182 valence electrons. The fourth-order valence-electron chi connectivity index (χ4n) is 3.26. The molecule has 1 fully saturated rings. The molecule has 0 saturated carbocycles. The second-order valence-electron chi connectivity index (χ2n) is 7.13. The van der Waals surface area contributed by atoms with E-state index in [1.54, 1.807) is 0 Å². The molecule has 5 unspecified atom stereocenters.